The van der Waals surface area contributed by atoms with E-state index in [2.05, 4.69) is 25.8 Å². The van der Waals surface area contributed by atoms with Crippen molar-refractivity contribution in [2.24, 2.45) is 23.2 Å². The molecule has 4 aliphatic rings. The van der Waals surface area contributed by atoms with E-state index >= 15 is 0 Å². The molecule has 3 heterocycles. The second kappa shape index (κ2) is 9.97. The summed E-state index contributed by atoms with van der Waals surface area (Å²) in [6.07, 6.45) is 4.92. The van der Waals surface area contributed by atoms with Crippen molar-refractivity contribution in [1.29, 1.82) is 0 Å². The van der Waals surface area contributed by atoms with E-state index in [0.717, 1.165) is 12.8 Å². The molecule has 4 N–H and O–H groups in total. The fourth-order valence-electron chi connectivity index (χ4n) is 7.59. The molecular formula is C29H41NO7. The Morgan fingerprint density at radius 2 is 2.03 bits per heavy atom. The van der Waals surface area contributed by atoms with Crippen molar-refractivity contribution in [2.75, 3.05) is 0 Å². The Morgan fingerprint density at radius 3 is 2.73 bits per heavy atom. The lowest BCUT2D eigenvalue weighted by atomic mass is 9.46. The van der Waals surface area contributed by atoms with Crippen LogP contribution in [0.5, 0.6) is 0 Å². The van der Waals surface area contributed by atoms with Gasteiger partial charge >= 0.3 is 0 Å². The van der Waals surface area contributed by atoms with Gasteiger partial charge in [-0.25, -0.2) is 0 Å². The van der Waals surface area contributed by atoms with Crippen LogP contribution in [0.3, 0.4) is 0 Å². The predicted molar refractivity (Wildman–Crippen MR) is 136 cm³/mol. The number of allylic oxidation sites excluding steroid dienone is 1. The zero-order chi connectivity index (χ0) is 26.5. The second-order valence-corrected chi connectivity index (χ2v) is 11.8. The first-order valence-electron chi connectivity index (χ1n) is 13.7. The van der Waals surface area contributed by atoms with E-state index in [0.29, 0.717) is 48.3 Å². The van der Waals surface area contributed by atoms with Gasteiger partial charge in [0.1, 0.15) is 23.2 Å². The first-order valence-corrected chi connectivity index (χ1v) is 13.7. The van der Waals surface area contributed by atoms with E-state index in [4.69, 9.17) is 14.2 Å². The number of ether oxygens (including phenoxy) is 3. The molecular weight excluding hydrogens is 474 g/mol. The van der Waals surface area contributed by atoms with Gasteiger partial charge in [-0.3, -0.25) is 4.98 Å². The van der Waals surface area contributed by atoms with Crippen LogP contribution in [0.15, 0.2) is 41.9 Å². The number of hydrogen-bond acceptors (Lipinski definition) is 8. The van der Waals surface area contributed by atoms with E-state index in [1.54, 1.807) is 24.5 Å². The number of hydrogen-bond donors (Lipinski definition) is 4. The Morgan fingerprint density at radius 1 is 1.24 bits per heavy atom. The number of aromatic nitrogens is 1. The van der Waals surface area contributed by atoms with Crippen molar-refractivity contribution in [3.63, 3.8) is 0 Å². The lowest BCUT2D eigenvalue weighted by Gasteiger charge is -2.65. The molecule has 2 fully saturated rings. The third-order valence-corrected chi connectivity index (χ3v) is 9.59. The second-order valence-electron chi connectivity index (χ2n) is 11.8. The van der Waals surface area contributed by atoms with Crippen LogP contribution in [0.25, 0.3) is 5.76 Å². The summed E-state index contributed by atoms with van der Waals surface area (Å²) in [6.45, 7) is 8.25. The molecule has 0 spiro atoms. The number of rotatable bonds is 6. The van der Waals surface area contributed by atoms with Gasteiger partial charge in [0.2, 0.25) is 6.29 Å². The number of aliphatic hydroxyl groups is 4. The summed E-state index contributed by atoms with van der Waals surface area (Å²) in [7, 11) is 0. The summed E-state index contributed by atoms with van der Waals surface area (Å²) >= 11 is 0. The number of fused-ring (bicyclic) bond motifs is 3. The van der Waals surface area contributed by atoms with E-state index < -0.39 is 42.4 Å². The summed E-state index contributed by atoms with van der Waals surface area (Å²) in [5.41, 5.74) is -0.369. The summed E-state index contributed by atoms with van der Waals surface area (Å²) in [4.78, 5) is 4.14. The zero-order valence-corrected chi connectivity index (χ0v) is 22.2. The van der Waals surface area contributed by atoms with Crippen molar-refractivity contribution in [2.45, 2.75) is 103 Å². The molecule has 204 valence electrons. The van der Waals surface area contributed by atoms with Crippen molar-refractivity contribution in [1.82, 2.24) is 4.98 Å². The summed E-state index contributed by atoms with van der Waals surface area (Å²) in [5.74, 6) is 0.368. The number of nitrogens with zero attached hydrogens (tertiary/aromatic N) is 1. The molecule has 2 saturated carbocycles. The maximum Gasteiger partial charge on any atom is 0.226 e. The van der Waals surface area contributed by atoms with E-state index in [9.17, 15) is 20.4 Å². The first kappa shape index (κ1) is 26.6. The monoisotopic (exact) mass is 515 g/mol. The van der Waals surface area contributed by atoms with Crippen molar-refractivity contribution >= 4 is 5.76 Å². The molecule has 0 amide bonds. The van der Waals surface area contributed by atoms with Gasteiger partial charge < -0.3 is 34.6 Å². The standard InChI is InChI=1S/C29H41NO7/c1-5-6-9-23(32)36-22-13-18-16(2)19(31)10-11-28(18,3)26-25(33)24-21(37-29(22,26)4)14-20(35-27(24)34)17-8-7-12-30-15-17/h7-8,12,14-16,18-19,22-23,25-27,31-34H,5-6,9-11,13H2,1-4H3/t16-,18?,19+,22+,23?,25+,26?,27?,28+,29-/m1/s1. The minimum atomic E-state index is -1.38. The van der Waals surface area contributed by atoms with Crippen molar-refractivity contribution in [3.05, 3.63) is 47.5 Å². The molecule has 8 nitrogen and oxygen atoms in total. The van der Waals surface area contributed by atoms with E-state index in [-0.39, 0.29) is 17.3 Å². The molecule has 2 aliphatic heterocycles. The fraction of sp³-hybridized carbons (Fsp3) is 0.690. The van der Waals surface area contributed by atoms with Gasteiger partial charge in [-0.05, 0) is 68.4 Å². The molecule has 37 heavy (non-hydrogen) atoms. The maximum absolute atomic E-state index is 11.9. The summed E-state index contributed by atoms with van der Waals surface area (Å²) < 4.78 is 18.9. The van der Waals surface area contributed by atoms with Gasteiger partial charge in [0.15, 0.2) is 6.29 Å². The van der Waals surface area contributed by atoms with Crippen LogP contribution in [0.4, 0.5) is 0 Å². The Hall–Kier alpha value is -1.97. The van der Waals surface area contributed by atoms with Crippen LogP contribution >= 0.6 is 0 Å². The molecule has 2 aliphatic carbocycles. The van der Waals surface area contributed by atoms with Crippen LogP contribution in [-0.2, 0) is 14.2 Å². The van der Waals surface area contributed by atoms with E-state index in [1.165, 1.54) is 0 Å². The summed E-state index contributed by atoms with van der Waals surface area (Å²) in [6, 6.07) is 3.62. The van der Waals surface area contributed by atoms with Crippen LogP contribution in [0.2, 0.25) is 0 Å². The molecule has 8 heteroatoms. The highest BCUT2D eigenvalue weighted by Gasteiger charge is 2.67. The lowest BCUT2D eigenvalue weighted by Crippen LogP contribution is -2.69. The minimum Gasteiger partial charge on any atom is -0.484 e. The minimum absolute atomic E-state index is 0.00521. The fourth-order valence-corrected chi connectivity index (χ4v) is 7.59. The van der Waals surface area contributed by atoms with Crippen LogP contribution < -0.4 is 0 Å². The molecule has 0 radical (unpaired) electrons. The Bertz CT molecular complexity index is 1040. The Balaban J connectivity index is 1.58. The third kappa shape index (κ3) is 4.40. The topological polar surface area (TPSA) is 122 Å². The van der Waals surface area contributed by atoms with E-state index in [1.807, 2.05) is 13.0 Å². The van der Waals surface area contributed by atoms with Gasteiger partial charge in [-0.2, -0.15) is 0 Å². The summed E-state index contributed by atoms with van der Waals surface area (Å²) in [5, 5.41) is 44.5. The van der Waals surface area contributed by atoms with Crippen LogP contribution in [-0.4, -0.2) is 61.9 Å². The number of aliphatic hydroxyl groups excluding tert-OH is 4. The predicted octanol–water partition coefficient (Wildman–Crippen LogP) is 3.50. The van der Waals surface area contributed by atoms with Gasteiger partial charge in [0, 0.05) is 30.0 Å². The van der Waals surface area contributed by atoms with Gasteiger partial charge in [-0.1, -0.05) is 27.2 Å². The molecule has 4 unspecified atom stereocenters. The Kier molecular flexibility index (Phi) is 7.17. The lowest BCUT2D eigenvalue weighted by molar-refractivity contribution is -0.291. The quantitative estimate of drug-likeness (QED) is 0.425. The van der Waals surface area contributed by atoms with Gasteiger partial charge in [0.05, 0.1) is 17.8 Å². The van der Waals surface area contributed by atoms with Gasteiger partial charge in [-0.15, -0.1) is 0 Å². The SMILES string of the molecule is CCCCC(O)O[C@H]1CC2[C@@H](C)[C@@H](O)CC[C@]2(C)C2[C@@H](O)C3=C(C=C(c4cccnc4)OC3O)O[C@@]21C. The molecule has 1 aromatic rings. The highest BCUT2D eigenvalue weighted by Crippen LogP contribution is 2.63. The molecule has 1 aromatic heterocycles. The maximum atomic E-state index is 11.9. The Labute approximate surface area is 219 Å². The highest BCUT2D eigenvalue weighted by molar-refractivity contribution is 5.64. The molecule has 5 rings (SSSR count). The molecule has 0 aromatic carbocycles. The highest BCUT2D eigenvalue weighted by atomic mass is 16.6. The largest absolute Gasteiger partial charge is 0.484 e. The zero-order valence-electron chi connectivity index (χ0n) is 22.2. The average molecular weight is 516 g/mol. The smallest absolute Gasteiger partial charge is 0.226 e. The van der Waals surface area contributed by atoms with Crippen molar-refractivity contribution < 1.29 is 34.6 Å². The van der Waals surface area contributed by atoms with Crippen LogP contribution in [0.1, 0.15) is 71.8 Å². The van der Waals surface area contributed by atoms with Crippen LogP contribution in [0, 0.1) is 23.2 Å². The molecule has 10 atom stereocenters. The van der Waals surface area contributed by atoms with Crippen molar-refractivity contribution in [3.8, 4) is 0 Å². The normalized spacial score (nSPS) is 41.9. The number of pyridine rings is 1. The third-order valence-electron chi connectivity index (χ3n) is 9.59. The molecule has 0 bridgehead atoms. The first-order chi connectivity index (χ1) is 17.6. The average Bonchev–Trinajstić information content (AvgIpc) is 2.86. The number of unbranched alkanes of at least 4 members (excludes halogenated alkanes) is 1. The van der Waals surface area contributed by atoms with Gasteiger partial charge in [0.25, 0.3) is 0 Å². The molecule has 0 saturated heterocycles.